The molecule has 1 aromatic heterocycles. The van der Waals surface area contributed by atoms with E-state index in [2.05, 4.69) is 15.5 Å². The van der Waals surface area contributed by atoms with Crippen molar-refractivity contribution < 1.29 is 4.79 Å². The van der Waals surface area contributed by atoms with Crippen molar-refractivity contribution in [2.45, 2.75) is 25.3 Å². The molecule has 1 atom stereocenters. The number of hydrogen-bond acceptors (Lipinski definition) is 5. The maximum absolute atomic E-state index is 12.3. The SMILES string of the molecule is NC1CCCN(C(=O)Cc2ccc(-n3cnnn3)cc2)C1. The highest BCUT2D eigenvalue weighted by Gasteiger charge is 2.21. The molecule has 7 nitrogen and oxygen atoms in total. The van der Waals surface area contributed by atoms with E-state index in [0.717, 1.165) is 30.6 Å². The molecular formula is C14H18N6O. The van der Waals surface area contributed by atoms with Gasteiger partial charge in [0.2, 0.25) is 5.91 Å². The Morgan fingerprint density at radius 3 is 2.81 bits per heavy atom. The Kier molecular flexibility index (Phi) is 3.92. The van der Waals surface area contributed by atoms with Gasteiger partial charge in [-0.15, -0.1) is 5.10 Å². The summed E-state index contributed by atoms with van der Waals surface area (Å²) in [6.45, 7) is 1.48. The number of carbonyl (C=O) groups excluding carboxylic acids is 1. The molecule has 2 aromatic rings. The van der Waals surface area contributed by atoms with Gasteiger partial charge in [0.15, 0.2) is 0 Å². The van der Waals surface area contributed by atoms with Crippen molar-refractivity contribution in [3.63, 3.8) is 0 Å². The first-order valence-corrected chi connectivity index (χ1v) is 7.08. The molecule has 0 saturated carbocycles. The molecule has 1 fully saturated rings. The number of nitrogens with two attached hydrogens (primary N) is 1. The average Bonchev–Trinajstić information content (AvgIpc) is 3.02. The molecule has 7 heteroatoms. The number of carbonyl (C=O) groups is 1. The van der Waals surface area contributed by atoms with Crippen LogP contribution in [0.4, 0.5) is 0 Å². The van der Waals surface area contributed by atoms with Crippen LogP contribution >= 0.6 is 0 Å². The molecule has 1 aromatic carbocycles. The molecule has 0 spiro atoms. The second-order valence-corrected chi connectivity index (χ2v) is 5.34. The van der Waals surface area contributed by atoms with E-state index in [1.807, 2.05) is 29.2 Å². The summed E-state index contributed by atoms with van der Waals surface area (Å²) in [6, 6.07) is 7.78. The van der Waals surface area contributed by atoms with E-state index in [-0.39, 0.29) is 11.9 Å². The molecule has 110 valence electrons. The zero-order chi connectivity index (χ0) is 14.7. The standard InChI is InChI=1S/C14H18N6O/c15-12-2-1-7-19(9-12)14(21)8-11-3-5-13(6-4-11)20-10-16-17-18-20/h3-6,10,12H,1-2,7-9,15H2. The normalized spacial score (nSPS) is 18.7. The third-order valence-electron chi connectivity index (χ3n) is 3.72. The fraction of sp³-hybridized carbons (Fsp3) is 0.429. The highest BCUT2D eigenvalue weighted by Crippen LogP contribution is 2.12. The van der Waals surface area contributed by atoms with Crippen LogP contribution in [0.3, 0.4) is 0 Å². The van der Waals surface area contributed by atoms with Gasteiger partial charge in [-0.2, -0.15) is 0 Å². The lowest BCUT2D eigenvalue weighted by atomic mass is 10.0. The molecule has 3 rings (SSSR count). The highest BCUT2D eigenvalue weighted by molar-refractivity contribution is 5.79. The predicted molar refractivity (Wildman–Crippen MR) is 76.6 cm³/mol. The van der Waals surface area contributed by atoms with Gasteiger partial charge in [0, 0.05) is 19.1 Å². The molecule has 2 heterocycles. The molecule has 1 unspecified atom stereocenters. The van der Waals surface area contributed by atoms with Gasteiger partial charge >= 0.3 is 0 Å². The third kappa shape index (κ3) is 3.25. The number of amides is 1. The number of nitrogens with zero attached hydrogens (tertiary/aromatic N) is 5. The minimum atomic E-state index is 0.116. The second kappa shape index (κ2) is 6.01. The van der Waals surface area contributed by atoms with E-state index >= 15 is 0 Å². The zero-order valence-corrected chi connectivity index (χ0v) is 11.7. The lowest BCUT2D eigenvalue weighted by Gasteiger charge is -2.30. The van der Waals surface area contributed by atoms with Gasteiger partial charge in [0.25, 0.3) is 0 Å². The summed E-state index contributed by atoms with van der Waals surface area (Å²) in [6.07, 6.45) is 3.94. The number of tetrazole rings is 1. The molecule has 0 radical (unpaired) electrons. The number of rotatable bonds is 3. The van der Waals surface area contributed by atoms with E-state index in [1.165, 1.54) is 6.33 Å². The summed E-state index contributed by atoms with van der Waals surface area (Å²) in [5.41, 5.74) is 7.77. The van der Waals surface area contributed by atoms with Crippen LogP contribution in [0.15, 0.2) is 30.6 Å². The van der Waals surface area contributed by atoms with Crippen LogP contribution < -0.4 is 5.73 Å². The molecule has 0 bridgehead atoms. The molecule has 1 aliphatic rings. The quantitative estimate of drug-likeness (QED) is 0.867. The van der Waals surface area contributed by atoms with Crippen molar-refractivity contribution in [3.05, 3.63) is 36.2 Å². The van der Waals surface area contributed by atoms with Crippen molar-refractivity contribution in [2.75, 3.05) is 13.1 Å². The molecule has 1 amide bonds. The van der Waals surface area contributed by atoms with Gasteiger partial charge < -0.3 is 10.6 Å². The first kappa shape index (κ1) is 13.7. The van der Waals surface area contributed by atoms with E-state index in [4.69, 9.17) is 5.73 Å². The van der Waals surface area contributed by atoms with Crippen LogP contribution in [-0.2, 0) is 11.2 Å². The Hall–Kier alpha value is -2.28. The van der Waals surface area contributed by atoms with Gasteiger partial charge in [0.1, 0.15) is 6.33 Å². The van der Waals surface area contributed by atoms with Crippen LogP contribution in [0.25, 0.3) is 5.69 Å². The maximum Gasteiger partial charge on any atom is 0.227 e. The van der Waals surface area contributed by atoms with E-state index < -0.39 is 0 Å². The predicted octanol–water partition coefficient (Wildman–Crippen LogP) is 0.154. The summed E-state index contributed by atoms with van der Waals surface area (Å²) >= 11 is 0. The number of aromatic nitrogens is 4. The topological polar surface area (TPSA) is 89.9 Å². The first-order chi connectivity index (χ1) is 10.2. The van der Waals surface area contributed by atoms with Crippen molar-refractivity contribution >= 4 is 5.91 Å². The van der Waals surface area contributed by atoms with Crippen LogP contribution in [-0.4, -0.2) is 50.1 Å². The average molecular weight is 286 g/mol. The van der Waals surface area contributed by atoms with Gasteiger partial charge in [-0.1, -0.05) is 12.1 Å². The molecule has 2 N–H and O–H groups in total. The fourth-order valence-electron chi connectivity index (χ4n) is 2.57. The van der Waals surface area contributed by atoms with Gasteiger partial charge in [-0.05, 0) is 41.0 Å². The number of likely N-dealkylation sites (tertiary alicyclic amines) is 1. The minimum absolute atomic E-state index is 0.116. The van der Waals surface area contributed by atoms with Gasteiger partial charge in [0.05, 0.1) is 12.1 Å². The summed E-state index contributed by atoms with van der Waals surface area (Å²) in [5, 5.41) is 11.0. The van der Waals surface area contributed by atoms with E-state index in [9.17, 15) is 4.79 Å². The maximum atomic E-state index is 12.3. The largest absolute Gasteiger partial charge is 0.341 e. The Morgan fingerprint density at radius 1 is 1.33 bits per heavy atom. The van der Waals surface area contributed by atoms with Crippen molar-refractivity contribution in [1.29, 1.82) is 0 Å². The molecule has 1 saturated heterocycles. The van der Waals surface area contributed by atoms with E-state index in [1.54, 1.807) is 4.68 Å². The van der Waals surface area contributed by atoms with Crippen LogP contribution in [0.5, 0.6) is 0 Å². The zero-order valence-electron chi connectivity index (χ0n) is 11.7. The van der Waals surface area contributed by atoms with Crippen LogP contribution in [0, 0.1) is 0 Å². The van der Waals surface area contributed by atoms with Crippen LogP contribution in [0.2, 0.25) is 0 Å². The Morgan fingerprint density at radius 2 is 2.14 bits per heavy atom. The molecule has 21 heavy (non-hydrogen) atoms. The second-order valence-electron chi connectivity index (χ2n) is 5.34. The summed E-state index contributed by atoms with van der Waals surface area (Å²) < 4.78 is 1.58. The van der Waals surface area contributed by atoms with Gasteiger partial charge in [-0.3, -0.25) is 4.79 Å². The smallest absolute Gasteiger partial charge is 0.227 e. The highest BCUT2D eigenvalue weighted by atomic mass is 16.2. The Labute approximate surface area is 122 Å². The van der Waals surface area contributed by atoms with Crippen molar-refractivity contribution in [3.8, 4) is 5.69 Å². The number of piperidine rings is 1. The van der Waals surface area contributed by atoms with Crippen molar-refractivity contribution in [2.24, 2.45) is 5.73 Å². The van der Waals surface area contributed by atoms with E-state index in [0.29, 0.717) is 13.0 Å². The molecular weight excluding hydrogens is 268 g/mol. The summed E-state index contributed by atoms with van der Waals surface area (Å²) in [4.78, 5) is 14.1. The molecule has 0 aliphatic carbocycles. The molecule has 1 aliphatic heterocycles. The number of benzene rings is 1. The Balaban J connectivity index is 1.63. The third-order valence-corrected chi connectivity index (χ3v) is 3.72. The van der Waals surface area contributed by atoms with Gasteiger partial charge in [-0.25, -0.2) is 4.68 Å². The lowest BCUT2D eigenvalue weighted by molar-refractivity contribution is -0.131. The number of hydrogen-bond donors (Lipinski definition) is 1. The lowest BCUT2D eigenvalue weighted by Crippen LogP contribution is -2.46. The first-order valence-electron chi connectivity index (χ1n) is 7.08. The van der Waals surface area contributed by atoms with Crippen molar-refractivity contribution in [1.82, 2.24) is 25.1 Å². The minimum Gasteiger partial charge on any atom is -0.341 e. The summed E-state index contributed by atoms with van der Waals surface area (Å²) in [7, 11) is 0. The van der Waals surface area contributed by atoms with Crippen LogP contribution in [0.1, 0.15) is 18.4 Å². The summed E-state index contributed by atoms with van der Waals surface area (Å²) in [5.74, 6) is 0.139. The Bertz CT molecular complexity index is 594. The monoisotopic (exact) mass is 286 g/mol. The fourth-order valence-corrected chi connectivity index (χ4v) is 2.57.